The minimum absolute atomic E-state index is 0.440. The molecule has 3 rings (SSSR count). The van der Waals surface area contributed by atoms with Gasteiger partial charge >= 0.3 is 0 Å². The average Bonchev–Trinajstić information content (AvgIpc) is 3.13. The van der Waals surface area contributed by atoms with E-state index in [0.717, 1.165) is 27.5 Å². The first-order valence-corrected chi connectivity index (χ1v) is 10.1. The maximum atomic E-state index is 12.3. The molecule has 0 aromatic heterocycles. The lowest BCUT2D eigenvalue weighted by Gasteiger charge is -2.22. The molecular weight excluding hydrogens is 368 g/mol. The SMILES string of the molecule is COc1ccc(C2=NN(S(C)(=O)=O)[C@H](c3cc(OC)cc(OC)c3)C2)cc1. The minimum Gasteiger partial charge on any atom is -0.497 e. The van der Waals surface area contributed by atoms with E-state index in [9.17, 15) is 8.42 Å². The maximum absolute atomic E-state index is 12.3. The second-order valence-corrected chi connectivity index (χ2v) is 8.02. The van der Waals surface area contributed by atoms with Gasteiger partial charge in [-0.15, -0.1) is 0 Å². The third-order valence-corrected chi connectivity index (χ3v) is 5.41. The van der Waals surface area contributed by atoms with E-state index in [1.807, 2.05) is 24.3 Å². The van der Waals surface area contributed by atoms with E-state index in [4.69, 9.17) is 14.2 Å². The summed E-state index contributed by atoms with van der Waals surface area (Å²) in [6.45, 7) is 0. The molecular formula is C19H22N2O5S. The Hall–Kier alpha value is -2.74. The van der Waals surface area contributed by atoms with Crippen LogP contribution in [-0.2, 0) is 10.0 Å². The molecule has 0 unspecified atom stereocenters. The first kappa shape index (κ1) is 19.0. The molecule has 27 heavy (non-hydrogen) atoms. The van der Waals surface area contributed by atoms with Gasteiger partial charge in [0.15, 0.2) is 0 Å². The van der Waals surface area contributed by atoms with Crippen LogP contribution in [0, 0.1) is 0 Å². The summed E-state index contributed by atoms with van der Waals surface area (Å²) >= 11 is 0. The lowest BCUT2D eigenvalue weighted by atomic mass is 9.98. The molecule has 0 N–H and O–H groups in total. The van der Waals surface area contributed by atoms with Crippen LogP contribution in [0.3, 0.4) is 0 Å². The Balaban J connectivity index is 2.01. The van der Waals surface area contributed by atoms with Crippen molar-refractivity contribution in [2.24, 2.45) is 5.10 Å². The zero-order valence-electron chi connectivity index (χ0n) is 15.7. The second-order valence-electron chi connectivity index (χ2n) is 6.18. The Morgan fingerprint density at radius 2 is 1.48 bits per heavy atom. The topological polar surface area (TPSA) is 77.4 Å². The van der Waals surface area contributed by atoms with E-state index in [1.54, 1.807) is 39.5 Å². The van der Waals surface area contributed by atoms with Gasteiger partial charge in [-0.1, -0.05) is 0 Å². The monoisotopic (exact) mass is 390 g/mol. The molecule has 0 aliphatic carbocycles. The number of rotatable bonds is 6. The van der Waals surface area contributed by atoms with Crippen molar-refractivity contribution in [1.82, 2.24) is 4.41 Å². The largest absolute Gasteiger partial charge is 0.497 e. The van der Waals surface area contributed by atoms with Gasteiger partial charge in [0.05, 0.1) is 39.3 Å². The van der Waals surface area contributed by atoms with Gasteiger partial charge in [0.1, 0.15) is 17.2 Å². The highest BCUT2D eigenvalue weighted by Gasteiger charge is 2.35. The summed E-state index contributed by atoms with van der Waals surface area (Å²) in [5.74, 6) is 1.91. The van der Waals surface area contributed by atoms with E-state index in [-0.39, 0.29) is 0 Å². The summed E-state index contributed by atoms with van der Waals surface area (Å²) in [7, 11) is 1.16. The molecule has 7 nitrogen and oxygen atoms in total. The normalized spacial score (nSPS) is 16.8. The Kier molecular flexibility index (Phi) is 5.27. The molecule has 1 atom stereocenters. The van der Waals surface area contributed by atoms with E-state index in [0.29, 0.717) is 23.6 Å². The predicted octanol–water partition coefficient (Wildman–Crippen LogP) is 2.82. The van der Waals surface area contributed by atoms with E-state index < -0.39 is 16.1 Å². The van der Waals surface area contributed by atoms with E-state index in [1.165, 1.54) is 0 Å². The fraction of sp³-hybridized carbons (Fsp3) is 0.316. The summed E-state index contributed by atoms with van der Waals surface area (Å²) in [6.07, 6.45) is 1.59. The molecule has 0 bridgehead atoms. The summed E-state index contributed by atoms with van der Waals surface area (Å²) in [6, 6.07) is 12.3. The number of nitrogens with zero attached hydrogens (tertiary/aromatic N) is 2. The Morgan fingerprint density at radius 1 is 0.926 bits per heavy atom. The molecule has 2 aromatic rings. The number of sulfonamides is 1. The van der Waals surface area contributed by atoms with Crippen molar-refractivity contribution in [1.29, 1.82) is 0 Å². The van der Waals surface area contributed by atoms with Crippen LogP contribution in [0.15, 0.2) is 47.6 Å². The lowest BCUT2D eigenvalue weighted by molar-refractivity contribution is 0.364. The average molecular weight is 390 g/mol. The van der Waals surface area contributed by atoms with Crippen LogP contribution >= 0.6 is 0 Å². The van der Waals surface area contributed by atoms with Crippen molar-refractivity contribution >= 4 is 15.7 Å². The molecule has 0 amide bonds. The third-order valence-electron chi connectivity index (χ3n) is 4.39. The second kappa shape index (κ2) is 7.48. The van der Waals surface area contributed by atoms with Crippen molar-refractivity contribution < 1.29 is 22.6 Å². The van der Waals surface area contributed by atoms with Crippen LogP contribution in [0.1, 0.15) is 23.6 Å². The smallest absolute Gasteiger partial charge is 0.247 e. The highest BCUT2D eigenvalue weighted by Crippen LogP contribution is 2.37. The first-order valence-electron chi connectivity index (χ1n) is 8.30. The van der Waals surface area contributed by atoms with Crippen molar-refractivity contribution in [3.8, 4) is 17.2 Å². The van der Waals surface area contributed by atoms with Crippen molar-refractivity contribution in [2.45, 2.75) is 12.5 Å². The summed E-state index contributed by atoms with van der Waals surface area (Å²) < 4.78 is 41.6. The maximum Gasteiger partial charge on any atom is 0.247 e. The molecule has 2 aromatic carbocycles. The van der Waals surface area contributed by atoms with Crippen LogP contribution in [0.4, 0.5) is 0 Å². The van der Waals surface area contributed by atoms with Crippen LogP contribution < -0.4 is 14.2 Å². The van der Waals surface area contributed by atoms with Crippen LogP contribution in [0.25, 0.3) is 0 Å². The van der Waals surface area contributed by atoms with Gasteiger partial charge in [0.2, 0.25) is 10.0 Å². The van der Waals surface area contributed by atoms with Gasteiger partial charge in [0.25, 0.3) is 0 Å². The molecule has 8 heteroatoms. The molecule has 1 aliphatic heterocycles. The predicted molar refractivity (Wildman–Crippen MR) is 103 cm³/mol. The molecule has 144 valence electrons. The highest BCUT2D eigenvalue weighted by molar-refractivity contribution is 7.88. The fourth-order valence-electron chi connectivity index (χ4n) is 3.02. The number of hydrazone groups is 1. The van der Waals surface area contributed by atoms with Crippen molar-refractivity contribution in [3.05, 3.63) is 53.6 Å². The first-order chi connectivity index (χ1) is 12.9. The van der Waals surface area contributed by atoms with Gasteiger partial charge in [-0.05, 0) is 47.5 Å². The molecule has 0 fully saturated rings. The number of ether oxygens (including phenoxy) is 3. The van der Waals surface area contributed by atoms with Crippen molar-refractivity contribution in [2.75, 3.05) is 27.6 Å². The molecule has 0 saturated carbocycles. The fourth-order valence-corrected chi connectivity index (χ4v) is 3.93. The van der Waals surface area contributed by atoms with Crippen LogP contribution in [0.5, 0.6) is 17.2 Å². The lowest BCUT2D eigenvalue weighted by Crippen LogP contribution is -2.26. The van der Waals surface area contributed by atoms with E-state index >= 15 is 0 Å². The third kappa shape index (κ3) is 4.00. The number of benzene rings is 2. The summed E-state index contributed by atoms with van der Waals surface area (Å²) in [5.41, 5.74) is 2.29. The standard InChI is InChI=1S/C19H22N2O5S/c1-24-15-7-5-13(6-8-15)18-12-19(21(20-18)27(4,22)23)14-9-16(25-2)11-17(10-14)26-3/h5-11,19H,12H2,1-4H3/t19-/m0/s1. The quantitative estimate of drug-likeness (QED) is 0.758. The molecule has 1 heterocycles. The molecule has 0 saturated heterocycles. The molecule has 0 spiro atoms. The number of methoxy groups -OCH3 is 3. The van der Waals surface area contributed by atoms with E-state index in [2.05, 4.69) is 5.10 Å². The van der Waals surface area contributed by atoms with Crippen LogP contribution in [0.2, 0.25) is 0 Å². The van der Waals surface area contributed by atoms with Gasteiger partial charge in [0, 0.05) is 12.5 Å². The zero-order valence-corrected chi connectivity index (χ0v) is 16.5. The van der Waals surface area contributed by atoms with Gasteiger partial charge in [-0.25, -0.2) is 8.42 Å². The van der Waals surface area contributed by atoms with Crippen LogP contribution in [-0.4, -0.2) is 46.1 Å². The number of hydrogen-bond acceptors (Lipinski definition) is 6. The Bertz CT molecular complexity index is 932. The van der Waals surface area contributed by atoms with Crippen molar-refractivity contribution in [3.63, 3.8) is 0 Å². The highest BCUT2D eigenvalue weighted by atomic mass is 32.2. The summed E-state index contributed by atoms with van der Waals surface area (Å²) in [4.78, 5) is 0. The molecule has 0 radical (unpaired) electrons. The molecule has 1 aliphatic rings. The zero-order chi connectivity index (χ0) is 19.6. The van der Waals surface area contributed by atoms with Gasteiger partial charge in [-0.3, -0.25) is 0 Å². The Labute approximate surface area is 159 Å². The minimum atomic E-state index is -3.55. The van der Waals surface area contributed by atoms with Gasteiger partial charge in [-0.2, -0.15) is 9.52 Å². The Morgan fingerprint density at radius 3 is 1.96 bits per heavy atom. The van der Waals surface area contributed by atoms with Gasteiger partial charge < -0.3 is 14.2 Å². The number of hydrogen-bond donors (Lipinski definition) is 0. The summed E-state index contributed by atoms with van der Waals surface area (Å²) in [5, 5.41) is 4.39.